The molecule has 0 aromatic heterocycles. The Hall–Kier alpha value is -1.69. The van der Waals surface area contributed by atoms with Crippen molar-refractivity contribution in [2.24, 2.45) is 0 Å². The van der Waals surface area contributed by atoms with Crippen LogP contribution in [-0.2, 0) is 6.54 Å². The van der Waals surface area contributed by atoms with Crippen molar-refractivity contribution in [3.8, 4) is 11.5 Å². The molecule has 0 aliphatic rings. The summed E-state index contributed by atoms with van der Waals surface area (Å²) in [4.78, 5) is 3.29. The van der Waals surface area contributed by atoms with Gasteiger partial charge >= 0.3 is 0 Å². The maximum atomic E-state index is 6.72. The van der Waals surface area contributed by atoms with Gasteiger partial charge in [-0.15, -0.1) is 0 Å². The predicted molar refractivity (Wildman–Crippen MR) is 49.9 cm³/mol. The molecule has 0 saturated carbocycles. The molecule has 0 radical (unpaired) electrons. The Bertz CT molecular complexity index is 328. The molecule has 0 bridgehead atoms. The van der Waals surface area contributed by atoms with Crippen LogP contribution < -0.4 is 9.47 Å². The summed E-state index contributed by atoms with van der Waals surface area (Å²) in [5.74, 6) is 1.36. The minimum atomic E-state index is 0.375. The Kier molecular flexibility index (Phi) is 3.15. The Morgan fingerprint density at radius 3 is 2.46 bits per heavy atom. The van der Waals surface area contributed by atoms with Crippen LogP contribution in [0.3, 0.4) is 0 Å². The zero-order chi connectivity index (χ0) is 9.68. The van der Waals surface area contributed by atoms with Crippen LogP contribution in [0.1, 0.15) is 5.56 Å². The average Bonchev–Trinajstić information content (AvgIpc) is 2.18. The molecule has 0 unspecified atom stereocenters. The normalized spacial score (nSPS) is 9.00. The SMILES string of the molecule is [C-]#[N+]Cc1ccc(OC)c(OC)c1. The van der Waals surface area contributed by atoms with Crippen LogP contribution >= 0.6 is 0 Å². The summed E-state index contributed by atoms with van der Waals surface area (Å²) in [6, 6.07) is 5.48. The largest absolute Gasteiger partial charge is 0.493 e. The first kappa shape index (κ1) is 9.40. The number of benzene rings is 1. The summed E-state index contributed by atoms with van der Waals surface area (Å²) in [5, 5.41) is 0. The third-order valence-corrected chi connectivity index (χ3v) is 1.71. The standard InChI is InChI=1S/C10H11NO2/c1-11-7-8-4-5-9(12-2)10(6-8)13-3/h4-6H,7H2,2-3H3. The molecule has 0 spiro atoms. The van der Waals surface area contributed by atoms with E-state index in [-0.39, 0.29) is 0 Å². The molecule has 3 nitrogen and oxygen atoms in total. The molecule has 0 atom stereocenters. The molecule has 0 aliphatic carbocycles. The van der Waals surface area contributed by atoms with Gasteiger partial charge in [0.1, 0.15) is 0 Å². The van der Waals surface area contributed by atoms with Gasteiger partial charge in [0.2, 0.25) is 6.54 Å². The van der Waals surface area contributed by atoms with Gasteiger partial charge < -0.3 is 14.3 Å². The van der Waals surface area contributed by atoms with Gasteiger partial charge in [0.25, 0.3) is 0 Å². The van der Waals surface area contributed by atoms with E-state index in [9.17, 15) is 0 Å². The van der Waals surface area contributed by atoms with Gasteiger partial charge in [-0.2, -0.15) is 0 Å². The third-order valence-electron chi connectivity index (χ3n) is 1.71. The lowest BCUT2D eigenvalue weighted by molar-refractivity contribution is 0.354. The highest BCUT2D eigenvalue weighted by atomic mass is 16.5. The number of hydrogen-bond donors (Lipinski definition) is 0. The lowest BCUT2D eigenvalue weighted by atomic mass is 10.2. The fourth-order valence-corrected chi connectivity index (χ4v) is 1.07. The zero-order valence-electron chi connectivity index (χ0n) is 7.70. The van der Waals surface area contributed by atoms with E-state index in [1.165, 1.54) is 0 Å². The molecule has 3 heteroatoms. The summed E-state index contributed by atoms with van der Waals surface area (Å²) in [6.45, 7) is 7.09. The van der Waals surface area contributed by atoms with Crippen molar-refractivity contribution < 1.29 is 9.47 Å². The van der Waals surface area contributed by atoms with E-state index in [0.29, 0.717) is 18.0 Å². The average molecular weight is 177 g/mol. The van der Waals surface area contributed by atoms with E-state index in [0.717, 1.165) is 5.56 Å². The summed E-state index contributed by atoms with van der Waals surface area (Å²) in [7, 11) is 3.17. The number of rotatable bonds is 3. The second-order valence-electron chi connectivity index (χ2n) is 2.51. The molecular weight excluding hydrogens is 166 g/mol. The van der Waals surface area contributed by atoms with E-state index in [2.05, 4.69) is 4.85 Å². The van der Waals surface area contributed by atoms with Crippen molar-refractivity contribution in [3.05, 3.63) is 35.2 Å². The van der Waals surface area contributed by atoms with Crippen LogP contribution in [0, 0.1) is 6.57 Å². The maximum absolute atomic E-state index is 6.72. The summed E-state index contributed by atoms with van der Waals surface area (Å²) < 4.78 is 10.2. The van der Waals surface area contributed by atoms with Crippen LogP contribution in [0.5, 0.6) is 11.5 Å². The molecule has 0 aliphatic heterocycles. The first-order valence-corrected chi connectivity index (χ1v) is 3.86. The predicted octanol–water partition coefficient (Wildman–Crippen LogP) is 2.12. The fourth-order valence-electron chi connectivity index (χ4n) is 1.07. The number of methoxy groups -OCH3 is 2. The van der Waals surface area contributed by atoms with E-state index in [4.69, 9.17) is 16.0 Å². The number of nitrogens with zero attached hydrogens (tertiary/aromatic N) is 1. The van der Waals surface area contributed by atoms with Crippen molar-refractivity contribution >= 4 is 0 Å². The smallest absolute Gasteiger partial charge is 0.239 e. The molecule has 1 aromatic rings. The summed E-state index contributed by atoms with van der Waals surface area (Å²) in [6.07, 6.45) is 0. The Morgan fingerprint density at radius 2 is 1.92 bits per heavy atom. The molecule has 0 saturated heterocycles. The molecule has 68 valence electrons. The van der Waals surface area contributed by atoms with E-state index in [1.807, 2.05) is 12.1 Å². The Balaban J connectivity index is 3.00. The van der Waals surface area contributed by atoms with E-state index >= 15 is 0 Å². The second kappa shape index (κ2) is 4.36. The molecule has 0 heterocycles. The first-order valence-electron chi connectivity index (χ1n) is 3.86. The molecule has 13 heavy (non-hydrogen) atoms. The Labute approximate surface area is 77.7 Å². The maximum Gasteiger partial charge on any atom is 0.239 e. The second-order valence-corrected chi connectivity index (χ2v) is 2.51. The highest BCUT2D eigenvalue weighted by Crippen LogP contribution is 2.27. The summed E-state index contributed by atoms with van der Waals surface area (Å²) in [5.41, 5.74) is 0.938. The minimum absolute atomic E-state index is 0.375. The van der Waals surface area contributed by atoms with Crippen LogP contribution in [0.15, 0.2) is 18.2 Å². The van der Waals surface area contributed by atoms with Crippen molar-refractivity contribution in [2.45, 2.75) is 6.54 Å². The van der Waals surface area contributed by atoms with Crippen molar-refractivity contribution in [3.63, 3.8) is 0 Å². The highest BCUT2D eigenvalue weighted by molar-refractivity contribution is 5.43. The molecule has 1 aromatic carbocycles. The van der Waals surface area contributed by atoms with E-state index < -0.39 is 0 Å². The number of hydrogen-bond acceptors (Lipinski definition) is 2. The van der Waals surface area contributed by atoms with Crippen molar-refractivity contribution in [1.82, 2.24) is 0 Å². The summed E-state index contributed by atoms with van der Waals surface area (Å²) >= 11 is 0. The van der Waals surface area contributed by atoms with Crippen molar-refractivity contribution in [2.75, 3.05) is 14.2 Å². The van der Waals surface area contributed by atoms with Crippen LogP contribution in [-0.4, -0.2) is 14.2 Å². The topological polar surface area (TPSA) is 22.8 Å². The fraction of sp³-hybridized carbons (Fsp3) is 0.300. The number of ether oxygens (including phenoxy) is 2. The van der Waals surface area contributed by atoms with Crippen LogP contribution in [0.4, 0.5) is 0 Å². The molecule has 1 rings (SSSR count). The third kappa shape index (κ3) is 2.12. The van der Waals surface area contributed by atoms with Gasteiger partial charge in [-0.25, -0.2) is 6.57 Å². The molecule has 0 N–H and O–H groups in total. The van der Waals surface area contributed by atoms with Gasteiger partial charge in [0.15, 0.2) is 11.5 Å². The molecular formula is C10H11NO2. The lowest BCUT2D eigenvalue weighted by Crippen LogP contribution is -1.91. The Morgan fingerprint density at radius 1 is 1.23 bits per heavy atom. The molecule has 0 amide bonds. The van der Waals surface area contributed by atoms with Gasteiger partial charge in [-0.05, 0) is 18.2 Å². The van der Waals surface area contributed by atoms with Gasteiger partial charge in [-0.3, -0.25) is 0 Å². The highest BCUT2D eigenvalue weighted by Gasteiger charge is 2.04. The van der Waals surface area contributed by atoms with Gasteiger partial charge in [0.05, 0.1) is 14.2 Å². The van der Waals surface area contributed by atoms with Gasteiger partial charge in [-0.1, -0.05) is 0 Å². The van der Waals surface area contributed by atoms with E-state index in [1.54, 1.807) is 20.3 Å². The zero-order valence-corrected chi connectivity index (χ0v) is 7.70. The quantitative estimate of drug-likeness (QED) is 0.660. The lowest BCUT2D eigenvalue weighted by Gasteiger charge is -2.06. The molecule has 0 fully saturated rings. The monoisotopic (exact) mass is 177 g/mol. The van der Waals surface area contributed by atoms with Gasteiger partial charge in [0, 0.05) is 5.56 Å². The van der Waals surface area contributed by atoms with Crippen molar-refractivity contribution in [1.29, 1.82) is 0 Å². The van der Waals surface area contributed by atoms with Crippen LogP contribution in [0.2, 0.25) is 0 Å². The van der Waals surface area contributed by atoms with Crippen LogP contribution in [0.25, 0.3) is 4.85 Å². The first-order chi connectivity index (χ1) is 6.31. The minimum Gasteiger partial charge on any atom is -0.493 e.